The lowest BCUT2D eigenvalue weighted by Gasteiger charge is -2.18. The maximum atomic E-state index is 12.4. The molecule has 130 valence electrons. The highest BCUT2D eigenvalue weighted by Crippen LogP contribution is 2.17. The number of aromatic nitrogens is 6. The van der Waals surface area contributed by atoms with Crippen molar-refractivity contribution < 1.29 is 4.79 Å². The van der Waals surface area contributed by atoms with Crippen LogP contribution in [0.15, 0.2) is 42.7 Å². The molecule has 1 N–H and O–H groups in total. The van der Waals surface area contributed by atoms with Crippen molar-refractivity contribution in [2.24, 2.45) is 0 Å². The van der Waals surface area contributed by atoms with Gasteiger partial charge in [-0.1, -0.05) is 30.3 Å². The smallest absolute Gasteiger partial charge is 0.250 e. The monoisotopic (exact) mass is 339 g/mol. The normalized spacial score (nSPS) is 12.8. The Bertz CT molecular complexity index is 861. The minimum Gasteiger partial charge on any atom is -0.321 e. The fourth-order valence-electron chi connectivity index (χ4n) is 2.20. The molecular formula is C17H21N7O. The highest BCUT2D eigenvalue weighted by Gasteiger charge is 2.20. The summed E-state index contributed by atoms with van der Waals surface area (Å²) in [6.45, 7) is 7.84. The molecule has 0 spiro atoms. The van der Waals surface area contributed by atoms with Crippen LogP contribution in [0.4, 0.5) is 5.69 Å². The maximum absolute atomic E-state index is 12.4. The number of nitrogens with zero attached hydrogens (tertiary/aromatic N) is 6. The first-order chi connectivity index (χ1) is 11.8. The van der Waals surface area contributed by atoms with Gasteiger partial charge in [-0.05, 0) is 32.9 Å². The molecule has 1 atom stereocenters. The first-order valence-electron chi connectivity index (χ1n) is 8.05. The Balaban J connectivity index is 1.71. The van der Waals surface area contributed by atoms with Crippen LogP contribution in [0.25, 0.3) is 11.4 Å². The van der Waals surface area contributed by atoms with Crippen molar-refractivity contribution in [3.63, 3.8) is 0 Å². The Morgan fingerprint density at radius 2 is 1.92 bits per heavy atom. The van der Waals surface area contributed by atoms with E-state index in [1.807, 2.05) is 51.1 Å². The van der Waals surface area contributed by atoms with E-state index in [-0.39, 0.29) is 11.4 Å². The van der Waals surface area contributed by atoms with Crippen molar-refractivity contribution in [3.8, 4) is 11.4 Å². The Morgan fingerprint density at radius 3 is 2.56 bits per heavy atom. The van der Waals surface area contributed by atoms with E-state index in [1.54, 1.807) is 24.0 Å². The van der Waals surface area contributed by atoms with E-state index in [0.717, 1.165) is 5.56 Å². The molecule has 2 aromatic heterocycles. The van der Waals surface area contributed by atoms with Crippen LogP contribution in [-0.2, 0) is 10.3 Å². The molecule has 8 heteroatoms. The topological polar surface area (TPSA) is 90.5 Å². The SMILES string of the molecule is C[C@@H](C(=O)Nc1cnn(C(C)(C)C)c1)n1nnc(-c2ccccc2)n1. The third kappa shape index (κ3) is 3.73. The minimum absolute atomic E-state index is 0.146. The van der Waals surface area contributed by atoms with Crippen LogP contribution in [0, 0.1) is 0 Å². The van der Waals surface area contributed by atoms with E-state index in [2.05, 4.69) is 25.8 Å². The molecule has 0 aliphatic carbocycles. The molecule has 8 nitrogen and oxygen atoms in total. The molecular weight excluding hydrogens is 318 g/mol. The number of benzene rings is 1. The van der Waals surface area contributed by atoms with Gasteiger partial charge in [0.25, 0.3) is 5.91 Å². The molecule has 0 aliphatic rings. The second kappa shape index (κ2) is 6.46. The van der Waals surface area contributed by atoms with E-state index in [0.29, 0.717) is 11.5 Å². The second-order valence-corrected chi connectivity index (χ2v) is 6.81. The summed E-state index contributed by atoms with van der Waals surface area (Å²) >= 11 is 0. The van der Waals surface area contributed by atoms with Crippen molar-refractivity contribution in [2.45, 2.75) is 39.3 Å². The van der Waals surface area contributed by atoms with E-state index < -0.39 is 6.04 Å². The van der Waals surface area contributed by atoms with Crippen LogP contribution in [0.1, 0.15) is 33.7 Å². The number of nitrogens with one attached hydrogen (secondary N) is 1. The summed E-state index contributed by atoms with van der Waals surface area (Å²) in [4.78, 5) is 13.8. The molecule has 0 fully saturated rings. The number of tetrazole rings is 1. The van der Waals surface area contributed by atoms with Gasteiger partial charge in [0, 0.05) is 11.8 Å². The predicted molar refractivity (Wildman–Crippen MR) is 93.8 cm³/mol. The zero-order valence-electron chi connectivity index (χ0n) is 14.7. The molecule has 0 radical (unpaired) electrons. The van der Waals surface area contributed by atoms with Crippen molar-refractivity contribution in [1.29, 1.82) is 0 Å². The van der Waals surface area contributed by atoms with Crippen LogP contribution < -0.4 is 5.32 Å². The Morgan fingerprint density at radius 1 is 1.20 bits per heavy atom. The zero-order valence-corrected chi connectivity index (χ0v) is 14.7. The van der Waals surface area contributed by atoms with E-state index in [4.69, 9.17) is 0 Å². The highest BCUT2D eigenvalue weighted by molar-refractivity contribution is 5.93. The van der Waals surface area contributed by atoms with Crippen molar-refractivity contribution in [2.75, 3.05) is 5.32 Å². The molecule has 3 rings (SSSR count). The fraction of sp³-hybridized carbons (Fsp3) is 0.353. The number of carbonyl (C=O) groups is 1. The first kappa shape index (κ1) is 16.8. The van der Waals surface area contributed by atoms with Gasteiger partial charge in [-0.2, -0.15) is 9.90 Å². The third-order valence-electron chi connectivity index (χ3n) is 3.72. The fourth-order valence-corrected chi connectivity index (χ4v) is 2.20. The number of carbonyl (C=O) groups excluding carboxylic acids is 1. The molecule has 0 unspecified atom stereocenters. The average molecular weight is 339 g/mol. The van der Waals surface area contributed by atoms with Gasteiger partial charge in [-0.25, -0.2) is 0 Å². The zero-order chi connectivity index (χ0) is 18.0. The number of amides is 1. The van der Waals surface area contributed by atoms with Gasteiger partial charge in [0.1, 0.15) is 6.04 Å². The van der Waals surface area contributed by atoms with Crippen LogP contribution in [0.5, 0.6) is 0 Å². The number of anilines is 1. The molecule has 1 amide bonds. The largest absolute Gasteiger partial charge is 0.321 e. The lowest BCUT2D eigenvalue weighted by Crippen LogP contribution is -2.25. The van der Waals surface area contributed by atoms with Gasteiger partial charge < -0.3 is 5.32 Å². The Hall–Kier alpha value is -3.03. The summed E-state index contributed by atoms with van der Waals surface area (Å²) in [5.41, 5.74) is 1.34. The van der Waals surface area contributed by atoms with Crippen molar-refractivity contribution >= 4 is 11.6 Å². The van der Waals surface area contributed by atoms with Gasteiger partial charge in [0.05, 0.1) is 17.4 Å². The van der Waals surface area contributed by atoms with Gasteiger partial charge in [0.2, 0.25) is 5.82 Å². The lowest BCUT2D eigenvalue weighted by atomic mass is 10.1. The van der Waals surface area contributed by atoms with Crippen molar-refractivity contribution in [1.82, 2.24) is 30.0 Å². The van der Waals surface area contributed by atoms with Crippen LogP contribution in [0.2, 0.25) is 0 Å². The van der Waals surface area contributed by atoms with Crippen LogP contribution in [0.3, 0.4) is 0 Å². The molecule has 0 bridgehead atoms. The molecule has 3 aromatic rings. The Kier molecular flexibility index (Phi) is 4.35. The summed E-state index contributed by atoms with van der Waals surface area (Å²) in [5, 5.41) is 19.4. The van der Waals surface area contributed by atoms with Crippen LogP contribution in [-0.4, -0.2) is 35.9 Å². The third-order valence-corrected chi connectivity index (χ3v) is 3.72. The summed E-state index contributed by atoms with van der Waals surface area (Å²) in [5.74, 6) is 0.256. The lowest BCUT2D eigenvalue weighted by molar-refractivity contribution is -0.119. The molecule has 1 aromatic carbocycles. The molecule has 25 heavy (non-hydrogen) atoms. The minimum atomic E-state index is -0.594. The van der Waals surface area contributed by atoms with E-state index in [9.17, 15) is 4.79 Å². The van der Waals surface area contributed by atoms with E-state index in [1.165, 1.54) is 4.80 Å². The van der Waals surface area contributed by atoms with Gasteiger partial charge in [-0.15, -0.1) is 10.2 Å². The summed E-state index contributed by atoms with van der Waals surface area (Å²) in [7, 11) is 0. The number of rotatable bonds is 4. The first-order valence-corrected chi connectivity index (χ1v) is 8.05. The highest BCUT2D eigenvalue weighted by atomic mass is 16.2. The maximum Gasteiger partial charge on any atom is 0.250 e. The molecule has 0 saturated heterocycles. The van der Waals surface area contributed by atoms with Gasteiger partial charge >= 0.3 is 0 Å². The number of hydrogen-bond acceptors (Lipinski definition) is 5. The van der Waals surface area contributed by atoms with E-state index >= 15 is 0 Å². The second-order valence-electron chi connectivity index (χ2n) is 6.81. The summed E-state index contributed by atoms with van der Waals surface area (Å²) in [6, 6.07) is 8.92. The summed E-state index contributed by atoms with van der Waals surface area (Å²) in [6.07, 6.45) is 3.43. The van der Waals surface area contributed by atoms with Gasteiger partial charge in [-0.3, -0.25) is 9.48 Å². The summed E-state index contributed by atoms with van der Waals surface area (Å²) < 4.78 is 1.80. The quantitative estimate of drug-likeness (QED) is 0.788. The predicted octanol–water partition coefficient (Wildman–Crippen LogP) is 2.49. The Labute approximate surface area is 145 Å². The molecule has 0 saturated carbocycles. The molecule has 2 heterocycles. The number of hydrogen-bond donors (Lipinski definition) is 1. The van der Waals surface area contributed by atoms with Gasteiger partial charge in [0.15, 0.2) is 0 Å². The average Bonchev–Trinajstić information content (AvgIpc) is 3.24. The molecule has 0 aliphatic heterocycles. The van der Waals surface area contributed by atoms with Crippen molar-refractivity contribution in [3.05, 3.63) is 42.7 Å². The van der Waals surface area contributed by atoms with Crippen LogP contribution >= 0.6 is 0 Å². The standard InChI is InChI=1S/C17H21N7O/c1-12(16(25)19-14-10-18-23(11-14)17(2,3)4)24-21-15(20-22-24)13-8-6-5-7-9-13/h5-12H,1-4H3,(H,19,25)/t12-/m0/s1.